The van der Waals surface area contributed by atoms with Gasteiger partial charge in [0.1, 0.15) is 0 Å². The summed E-state index contributed by atoms with van der Waals surface area (Å²) in [5, 5.41) is 5.41. The monoisotopic (exact) mass is 398 g/mol. The molecule has 156 valence electrons. The second-order valence-electron chi connectivity index (χ2n) is 6.57. The first-order valence-corrected chi connectivity index (χ1v) is 10.1. The summed E-state index contributed by atoms with van der Waals surface area (Å²) < 4.78 is 11.2. The van der Waals surface area contributed by atoms with Crippen molar-refractivity contribution in [3.8, 4) is 11.5 Å². The molecule has 0 heterocycles. The predicted molar refractivity (Wildman–Crippen MR) is 115 cm³/mol. The van der Waals surface area contributed by atoms with Crippen LogP contribution in [0.4, 0.5) is 5.69 Å². The lowest BCUT2D eigenvalue weighted by Gasteiger charge is -2.13. The van der Waals surface area contributed by atoms with Gasteiger partial charge in [0.2, 0.25) is 0 Å². The van der Waals surface area contributed by atoms with Gasteiger partial charge in [0.15, 0.2) is 11.5 Å². The molecular formula is C23H30N2O4. The third kappa shape index (κ3) is 6.24. The van der Waals surface area contributed by atoms with Crippen molar-refractivity contribution in [3.05, 3.63) is 53.1 Å². The van der Waals surface area contributed by atoms with E-state index in [9.17, 15) is 9.59 Å². The molecular weight excluding hydrogens is 368 g/mol. The van der Waals surface area contributed by atoms with Crippen LogP contribution >= 0.6 is 0 Å². The maximum Gasteiger partial charge on any atom is 0.313 e. The van der Waals surface area contributed by atoms with Crippen molar-refractivity contribution in [3.63, 3.8) is 0 Å². The Morgan fingerprint density at radius 1 is 0.931 bits per heavy atom. The van der Waals surface area contributed by atoms with Crippen LogP contribution in [0.5, 0.6) is 11.5 Å². The number of aryl methyl sites for hydroxylation is 2. The molecule has 0 radical (unpaired) electrons. The number of amides is 2. The van der Waals surface area contributed by atoms with Crippen LogP contribution in [0.2, 0.25) is 0 Å². The highest BCUT2D eigenvalue weighted by atomic mass is 16.5. The Balaban J connectivity index is 1.92. The van der Waals surface area contributed by atoms with Crippen LogP contribution in [-0.2, 0) is 22.4 Å². The van der Waals surface area contributed by atoms with Crippen LogP contribution in [-0.4, -0.2) is 31.6 Å². The van der Waals surface area contributed by atoms with Crippen molar-refractivity contribution in [2.45, 2.75) is 40.5 Å². The van der Waals surface area contributed by atoms with E-state index in [0.717, 1.165) is 23.1 Å². The fourth-order valence-corrected chi connectivity index (χ4v) is 3.02. The van der Waals surface area contributed by atoms with Crippen LogP contribution in [0, 0.1) is 6.92 Å². The summed E-state index contributed by atoms with van der Waals surface area (Å²) in [5.41, 5.74) is 3.64. The molecule has 0 atom stereocenters. The average molecular weight is 399 g/mol. The summed E-state index contributed by atoms with van der Waals surface area (Å²) >= 11 is 0. The van der Waals surface area contributed by atoms with Crippen LogP contribution in [0.25, 0.3) is 0 Å². The van der Waals surface area contributed by atoms with Gasteiger partial charge in [-0.25, -0.2) is 0 Å². The van der Waals surface area contributed by atoms with Crippen molar-refractivity contribution in [2.75, 3.05) is 25.1 Å². The molecule has 2 aromatic carbocycles. The molecule has 0 aromatic heterocycles. The Morgan fingerprint density at radius 2 is 1.66 bits per heavy atom. The van der Waals surface area contributed by atoms with Crippen molar-refractivity contribution in [1.29, 1.82) is 0 Å². The molecule has 2 aromatic rings. The largest absolute Gasteiger partial charge is 0.490 e. The minimum Gasteiger partial charge on any atom is -0.490 e. The van der Waals surface area contributed by atoms with E-state index in [1.165, 1.54) is 0 Å². The molecule has 0 unspecified atom stereocenters. The maximum absolute atomic E-state index is 12.3. The Kier molecular flexibility index (Phi) is 8.52. The van der Waals surface area contributed by atoms with E-state index < -0.39 is 11.8 Å². The van der Waals surface area contributed by atoms with Crippen molar-refractivity contribution in [2.24, 2.45) is 0 Å². The molecule has 2 amide bonds. The molecule has 29 heavy (non-hydrogen) atoms. The Bertz CT molecular complexity index is 849. The molecule has 0 aliphatic heterocycles. The highest BCUT2D eigenvalue weighted by Gasteiger charge is 2.16. The van der Waals surface area contributed by atoms with Gasteiger partial charge >= 0.3 is 11.8 Å². The number of hydrogen-bond donors (Lipinski definition) is 2. The molecule has 0 fully saturated rings. The minimum atomic E-state index is -0.657. The first-order valence-electron chi connectivity index (χ1n) is 10.1. The van der Waals surface area contributed by atoms with E-state index >= 15 is 0 Å². The van der Waals surface area contributed by atoms with E-state index in [1.54, 1.807) is 0 Å². The van der Waals surface area contributed by atoms with Gasteiger partial charge in [0.25, 0.3) is 0 Å². The average Bonchev–Trinajstić information content (AvgIpc) is 2.71. The standard InChI is InChI=1S/C23H30N2O4/c1-5-18-10-8-9-16(4)21(18)25-23(27)22(26)24-14-13-17-11-12-19(28-6-2)20(15-17)29-7-3/h8-12,15H,5-7,13-14H2,1-4H3,(H,24,26)(H,25,27). The number of rotatable bonds is 9. The first-order chi connectivity index (χ1) is 14.0. The van der Waals surface area contributed by atoms with Gasteiger partial charge in [-0.1, -0.05) is 31.2 Å². The predicted octanol–water partition coefficient (Wildman–Crippen LogP) is 3.65. The molecule has 0 saturated heterocycles. The normalized spacial score (nSPS) is 10.3. The number of carbonyl (C=O) groups is 2. The molecule has 0 aliphatic carbocycles. The topological polar surface area (TPSA) is 76.7 Å². The van der Waals surface area contributed by atoms with Gasteiger partial charge in [0, 0.05) is 12.2 Å². The fraction of sp³-hybridized carbons (Fsp3) is 0.391. The SMILES string of the molecule is CCOc1ccc(CCNC(=O)C(=O)Nc2c(C)cccc2CC)cc1OCC. The quantitative estimate of drug-likeness (QED) is 0.632. The number of nitrogens with one attached hydrogen (secondary N) is 2. The Labute approximate surface area is 172 Å². The van der Waals surface area contributed by atoms with Gasteiger partial charge in [0.05, 0.1) is 13.2 Å². The lowest BCUT2D eigenvalue weighted by Crippen LogP contribution is -2.36. The molecule has 2 N–H and O–H groups in total. The third-order valence-electron chi connectivity index (χ3n) is 4.49. The minimum absolute atomic E-state index is 0.347. The third-order valence-corrected chi connectivity index (χ3v) is 4.49. The van der Waals surface area contributed by atoms with Crippen molar-refractivity contribution >= 4 is 17.5 Å². The zero-order valence-electron chi connectivity index (χ0n) is 17.6. The van der Waals surface area contributed by atoms with Crippen LogP contribution in [0.15, 0.2) is 36.4 Å². The number of carbonyl (C=O) groups excluding carboxylic acids is 2. The molecule has 0 aliphatic rings. The smallest absolute Gasteiger partial charge is 0.313 e. The summed E-state index contributed by atoms with van der Waals surface area (Å²) in [5.74, 6) is 0.0796. The number of anilines is 1. The van der Waals surface area contributed by atoms with Crippen LogP contribution in [0.1, 0.15) is 37.5 Å². The molecule has 0 bridgehead atoms. The second kappa shape index (κ2) is 11.1. The lowest BCUT2D eigenvalue weighted by molar-refractivity contribution is -0.136. The van der Waals surface area contributed by atoms with E-state index in [2.05, 4.69) is 10.6 Å². The molecule has 0 saturated carbocycles. The first kappa shape index (κ1) is 22.3. The van der Waals surface area contributed by atoms with E-state index in [1.807, 2.05) is 64.1 Å². The summed E-state index contributed by atoms with van der Waals surface area (Å²) in [6, 6.07) is 11.5. The molecule has 2 rings (SSSR count). The second-order valence-corrected chi connectivity index (χ2v) is 6.57. The number of para-hydroxylation sites is 1. The molecule has 6 heteroatoms. The maximum atomic E-state index is 12.3. The summed E-state index contributed by atoms with van der Waals surface area (Å²) in [4.78, 5) is 24.5. The lowest BCUT2D eigenvalue weighted by atomic mass is 10.1. The van der Waals surface area contributed by atoms with Gasteiger partial charge in [-0.05, 0) is 62.4 Å². The molecule has 6 nitrogen and oxygen atoms in total. The number of hydrogen-bond acceptors (Lipinski definition) is 4. The van der Waals surface area contributed by atoms with Crippen molar-refractivity contribution in [1.82, 2.24) is 5.32 Å². The van der Waals surface area contributed by atoms with E-state index in [0.29, 0.717) is 43.4 Å². The number of ether oxygens (including phenoxy) is 2. The zero-order valence-corrected chi connectivity index (χ0v) is 17.6. The van der Waals surface area contributed by atoms with E-state index in [-0.39, 0.29) is 0 Å². The highest BCUT2D eigenvalue weighted by Crippen LogP contribution is 2.28. The van der Waals surface area contributed by atoms with Gasteiger partial charge < -0.3 is 20.1 Å². The fourth-order valence-electron chi connectivity index (χ4n) is 3.02. The van der Waals surface area contributed by atoms with Gasteiger partial charge in [-0.2, -0.15) is 0 Å². The van der Waals surface area contributed by atoms with Gasteiger partial charge in [-0.15, -0.1) is 0 Å². The zero-order chi connectivity index (χ0) is 21.2. The van der Waals surface area contributed by atoms with E-state index in [4.69, 9.17) is 9.47 Å². The summed E-state index contributed by atoms with van der Waals surface area (Å²) in [6.07, 6.45) is 1.36. The Morgan fingerprint density at radius 3 is 2.34 bits per heavy atom. The highest BCUT2D eigenvalue weighted by molar-refractivity contribution is 6.39. The van der Waals surface area contributed by atoms with Crippen LogP contribution in [0.3, 0.4) is 0 Å². The van der Waals surface area contributed by atoms with Crippen molar-refractivity contribution < 1.29 is 19.1 Å². The Hall–Kier alpha value is -3.02. The molecule has 0 spiro atoms. The number of benzene rings is 2. The van der Waals surface area contributed by atoms with Crippen LogP contribution < -0.4 is 20.1 Å². The van der Waals surface area contributed by atoms with Gasteiger partial charge in [-0.3, -0.25) is 9.59 Å². The summed E-state index contributed by atoms with van der Waals surface area (Å²) in [7, 11) is 0. The summed E-state index contributed by atoms with van der Waals surface area (Å²) in [6.45, 7) is 9.21.